The molecule has 0 unspecified atom stereocenters. The van der Waals surface area contributed by atoms with Crippen LogP contribution in [0, 0.1) is 11.3 Å². The Morgan fingerprint density at radius 3 is 2.36 bits per heavy atom. The lowest BCUT2D eigenvalue weighted by Crippen LogP contribution is -2.28. The Morgan fingerprint density at radius 1 is 1.07 bits per heavy atom. The van der Waals surface area contributed by atoms with Crippen LogP contribution in [-0.4, -0.2) is 24.4 Å². The molecule has 0 spiro atoms. The number of ether oxygens (including phenoxy) is 1. The number of nitrogens with zero attached hydrogens (tertiary/aromatic N) is 1. The molecule has 0 saturated heterocycles. The molecule has 2 amide bonds. The molecule has 7 heteroatoms. The van der Waals surface area contributed by atoms with Crippen LogP contribution < -0.4 is 10.6 Å². The third kappa shape index (κ3) is 6.77. The molecule has 2 rings (SSSR count). The van der Waals surface area contributed by atoms with E-state index in [1.165, 1.54) is 13.0 Å². The van der Waals surface area contributed by atoms with Crippen molar-refractivity contribution in [3.05, 3.63) is 71.4 Å². The number of benzene rings is 2. The molecule has 2 N–H and O–H groups in total. The van der Waals surface area contributed by atoms with Gasteiger partial charge in [0, 0.05) is 12.6 Å². The van der Waals surface area contributed by atoms with Gasteiger partial charge in [-0.25, -0.2) is 4.79 Å². The van der Waals surface area contributed by atoms with Crippen LogP contribution in [0.4, 0.5) is 5.69 Å². The summed E-state index contributed by atoms with van der Waals surface area (Å²) in [6, 6.07) is 17.7. The smallest absolute Gasteiger partial charge is 0.355 e. The SMILES string of the molecule is CC(=O)N/C(=C\c1ccccc1)C(=O)OCC(=O)Nc1ccc(CC#N)cc1. The minimum Gasteiger partial charge on any atom is -0.451 e. The monoisotopic (exact) mass is 377 g/mol. The number of hydrogen-bond donors (Lipinski definition) is 2. The van der Waals surface area contributed by atoms with Gasteiger partial charge in [0.1, 0.15) is 5.70 Å². The second kappa shape index (κ2) is 10.3. The maximum atomic E-state index is 12.2. The van der Waals surface area contributed by atoms with Gasteiger partial charge in [-0.05, 0) is 29.3 Å². The Balaban J connectivity index is 1.95. The maximum Gasteiger partial charge on any atom is 0.355 e. The van der Waals surface area contributed by atoms with E-state index in [1.54, 1.807) is 48.5 Å². The van der Waals surface area contributed by atoms with Crippen LogP contribution in [0.2, 0.25) is 0 Å². The van der Waals surface area contributed by atoms with E-state index in [1.807, 2.05) is 12.1 Å². The lowest BCUT2D eigenvalue weighted by atomic mass is 10.1. The number of anilines is 1. The van der Waals surface area contributed by atoms with Crippen LogP contribution in [0.25, 0.3) is 6.08 Å². The van der Waals surface area contributed by atoms with Gasteiger partial charge >= 0.3 is 5.97 Å². The van der Waals surface area contributed by atoms with Crippen LogP contribution in [0.1, 0.15) is 18.1 Å². The first kappa shape index (κ1) is 20.4. The lowest BCUT2D eigenvalue weighted by Gasteiger charge is -2.10. The number of nitriles is 1. The first-order chi connectivity index (χ1) is 13.5. The van der Waals surface area contributed by atoms with E-state index in [2.05, 4.69) is 10.6 Å². The quantitative estimate of drug-likeness (QED) is 0.569. The van der Waals surface area contributed by atoms with Gasteiger partial charge in [-0.2, -0.15) is 5.26 Å². The molecule has 0 aliphatic carbocycles. The number of hydrogen-bond acceptors (Lipinski definition) is 5. The Bertz CT molecular complexity index is 913. The second-order valence-electron chi connectivity index (χ2n) is 5.81. The topological polar surface area (TPSA) is 108 Å². The zero-order chi connectivity index (χ0) is 20.4. The highest BCUT2D eigenvalue weighted by Gasteiger charge is 2.15. The predicted octanol–water partition coefficient (Wildman–Crippen LogP) is 2.41. The van der Waals surface area contributed by atoms with Crippen molar-refractivity contribution in [2.24, 2.45) is 0 Å². The summed E-state index contributed by atoms with van der Waals surface area (Å²) in [5.41, 5.74) is 1.99. The standard InChI is InChI=1S/C21H19N3O4/c1-15(25)23-19(13-17-5-3-2-4-6-17)21(27)28-14-20(26)24-18-9-7-16(8-10-18)11-12-22/h2-10,13H,11,14H2,1H3,(H,23,25)(H,24,26)/b19-13-. The van der Waals surface area contributed by atoms with Crippen molar-refractivity contribution in [3.63, 3.8) is 0 Å². The summed E-state index contributed by atoms with van der Waals surface area (Å²) in [7, 11) is 0. The summed E-state index contributed by atoms with van der Waals surface area (Å²) in [5.74, 6) is -1.78. The van der Waals surface area contributed by atoms with Crippen LogP contribution >= 0.6 is 0 Å². The number of esters is 1. The number of carbonyl (C=O) groups excluding carboxylic acids is 3. The van der Waals surface area contributed by atoms with Crippen LogP contribution in [0.15, 0.2) is 60.3 Å². The fourth-order valence-electron chi connectivity index (χ4n) is 2.25. The molecule has 2 aromatic rings. The van der Waals surface area contributed by atoms with Gasteiger partial charge in [0.15, 0.2) is 6.61 Å². The van der Waals surface area contributed by atoms with E-state index >= 15 is 0 Å². The summed E-state index contributed by atoms with van der Waals surface area (Å²) in [4.78, 5) is 35.6. The average Bonchev–Trinajstić information content (AvgIpc) is 2.68. The average molecular weight is 377 g/mol. The van der Waals surface area contributed by atoms with Crippen LogP contribution in [0.3, 0.4) is 0 Å². The molecule has 0 aliphatic heterocycles. The molecule has 0 bridgehead atoms. The van der Waals surface area contributed by atoms with E-state index in [4.69, 9.17) is 10.00 Å². The third-order valence-corrected chi connectivity index (χ3v) is 3.50. The van der Waals surface area contributed by atoms with Crippen molar-refractivity contribution in [1.82, 2.24) is 5.32 Å². The Labute approximate surface area is 162 Å². The molecule has 0 radical (unpaired) electrons. The van der Waals surface area contributed by atoms with E-state index < -0.39 is 24.4 Å². The van der Waals surface area contributed by atoms with Gasteiger partial charge in [-0.1, -0.05) is 42.5 Å². The molecule has 28 heavy (non-hydrogen) atoms. The van der Waals surface area contributed by atoms with Crippen LogP contribution in [0.5, 0.6) is 0 Å². The van der Waals surface area contributed by atoms with Gasteiger partial charge in [0.25, 0.3) is 5.91 Å². The molecule has 0 heterocycles. The zero-order valence-corrected chi connectivity index (χ0v) is 15.3. The molecule has 0 fully saturated rings. The van der Waals surface area contributed by atoms with Crippen molar-refractivity contribution in [1.29, 1.82) is 5.26 Å². The highest BCUT2D eigenvalue weighted by molar-refractivity contribution is 5.99. The summed E-state index contributed by atoms with van der Waals surface area (Å²) in [5, 5.41) is 13.6. The van der Waals surface area contributed by atoms with E-state index in [0.29, 0.717) is 11.3 Å². The number of carbonyl (C=O) groups is 3. The first-order valence-electron chi connectivity index (χ1n) is 8.45. The Morgan fingerprint density at radius 2 is 1.75 bits per heavy atom. The summed E-state index contributed by atoms with van der Waals surface area (Å²) >= 11 is 0. The highest BCUT2D eigenvalue weighted by atomic mass is 16.5. The molecule has 2 aromatic carbocycles. The minimum absolute atomic E-state index is 0.0626. The first-order valence-corrected chi connectivity index (χ1v) is 8.45. The molecule has 0 atom stereocenters. The fourth-order valence-corrected chi connectivity index (χ4v) is 2.25. The summed E-state index contributed by atoms with van der Waals surface area (Å²) in [6.45, 7) is 0.763. The molecule has 142 valence electrons. The lowest BCUT2D eigenvalue weighted by molar-refractivity contribution is -0.144. The molecular weight excluding hydrogens is 358 g/mol. The maximum absolute atomic E-state index is 12.2. The fraction of sp³-hybridized carbons (Fsp3) is 0.143. The van der Waals surface area contributed by atoms with Gasteiger partial charge in [-0.3, -0.25) is 9.59 Å². The number of amides is 2. The van der Waals surface area contributed by atoms with Gasteiger partial charge in [0.05, 0.1) is 12.5 Å². The number of nitrogens with one attached hydrogen (secondary N) is 2. The van der Waals surface area contributed by atoms with E-state index in [0.717, 1.165) is 5.56 Å². The number of rotatable bonds is 7. The molecule has 0 aliphatic rings. The molecule has 0 aromatic heterocycles. The largest absolute Gasteiger partial charge is 0.451 e. The van der Waals surface area contributed by atoms with Crippen molar-refractivity contribution >= 4 is 29.5 Å². The zero-order valence-electron chi connectivity index (χ0n) is 15.3. The van der Waals surface area contributed by atoms with Crippen molar-refractivity contribution in [2.45, 2.75) is 13.3 Å². The molecule has 0 saturated carbocycles. The van der Waals surface area contributed by atoms with Crippen molar-refractivity contribution in [3.8, 4) is 6.07 Å². The molecule has 7 nitrogen and oxygen atoms in total. The van der Waals surface area contributed by atoms with Crippen molar-refractivity contribution in [2.75, 3.05) is 11.9 Å². The summed E-state index contributed by atoms with van der Waals surface area (Å²) < 4.78 is 5.00. The predicted molar refractivity (Wildman–Crippen MR) is 104 cm³/mol. The second-order valence-corrected chi connectivity index (χ2v) is 5.81. The Kier molecular flexibility index (Phi) is 7.49. The van der Waals surface area contributed by atoms with Gasteiger partial charge < -0.3 is 15.4 Å². The van der Waals surface area contributed by atoms with Gasteiger partial charge in [-0.15, -0.1) is 0 Å². The van der Waals surface area contributed by atoms with E-state index in [9.17, 15) is 14.4 Å². The summed E-state index contributed by atoms with van der Waals surface area (Å²) in [6.07, 6.45) is 1.75. The van der Waals surface area contributed by atoms with Crippen molar-refractivity contribution < 1.29 is 19.1 Å². The highest BCUT2D eigenvalue weighted by Crippen LogP contribution is 2.10. The molecular formula is C21H19N3O4. The van der Waals surface area contributed by atoms with Crippen LogP contribution in [-0.2, 0) is 25.5 Å². The minimum atomic E-state index is -0.821. The Hall–Kier alpha value is -3.92. The third-order valence-electron chi connectivity index (χ3n) is 3.50. The van der Waals surface area contributed by atoms with Gasteiger partial charge in [0.2, 0.25) is 5.91 Å². The normalized spacial score (nSPS) is 10.5. The van der Waals surface area contributed by atoms with E-state index in [-0.39, 0.29) is 12.1 Å².